The molecule has 11 heavy (non-hydrogen) atoms. The van der Waals surface area contributed by atoms with Crippen LogP contribution in [0, 0.1) is 0 Å². The summed E-state index contributed by atoms with van der Waals surface area (Å²) < 4.78 is 4.67. The number of likely N-dealkylation sites (N-methyl/N-ethyl adjacent to an activating group) is 1. The highest BCUT2D eigenvalue weighted by Gasteiger charge is 1.92. The van der Waals surface area contributed by atoms with Gasteiger partial charge in [-0.15, -0.1) is 0 Å². The van der Waals surface area contributed by atoms with E-state index < -0.39 is 0 Å². The molecule has 0 aliphatic carbocycles. The lowest BCUT2D eigenvalue weighted by molar-refractivity contribution is -0.141. The smallest absolute Gasteiger partial charge is 0.302 e. The molecular weight excluding hydrogens is 257 g/mol. The lowest BCUT2D eigenvalue weighted by atomic mass is 10.6. The second-order valence-corrected chi connectivity index (χ2v) is 2.14. The van der Waals surface area contributed by atoms with Crippen molar-refractivity contribution in [3.8, 4) is 0 Å². The average molecular weight is 273 g/mol. The third-order valence-corrected chi connectivity index (χ3v) is 0.844. The van der Waals surface area contributed by atoms with Crippen LogP contribution in [0.5, 0.6) is 0 Å². The number of rotatable bonds is 3. The minimum atomic E-state index is -0.211. The Morgan fingerprint density at radius 1 is 1.45 bits per heavy atom. The van der Waals surface area contributed by atoms with E-state index >= 15 is 0 Å². The predicted octanol–water partition coefficient (Wildman–Crippen LogP) is 1.16. The van der Waals surface area contributed by atoms with Gasteiger partial charge >= 0.3 is 5.97 Å². The van der Waals surface area contributed by atoms with Crippen LogP contribution in [0.25, 0.3) is 0 Å². The molecule has 0 saturated heterocycles. The van der Waals surface area contributed by atoms with Gasteiger partial charge in [-0.3, -0.25) is 4.79 Å². The molecule has 0 aromatic rings. The van der Waals surface area contributed by atoms with Gasteiger partial charge in [-0.05, 0) is 19.0 Å². The summed E-state index contributed by atoms with van der Waals surface area (Å²) in [4.78, 5) is 14.1. The Morgan fingerprint density at radius 3 is 2.18 bits per heavy atom. The molecule has 0 spiro atoms. The average Bonchev–Trinajstić information content (AvgIpc) is 1.90. The Bertz CT molecular complexity index is 96.4. The van der Waals surface area contributed by atoms with E-state index in [0.717, 1.165) is 6.54 Å². The minimum absolute atomic E-state index is 0.211. The van der Waals surface area contributed by atoms with E-state index in [-0.39, 0.29) is 5.97 Å². The molecule has 0 aromatic heterocycles. The van der Waals surface area contributed by atoms with Gasteiger partial charge < -0.3 is 9.64 Å². The summed E-state index contributed by atoms with van der Waals surface area (Å²) >= 11 is 2.15. The molecule has 0 saturated carbocycles. The van der Waals surface area contributed by atoms with Crippen molar-refractivity contribution >= 4 is 28.6 Å². The van der Waals surface area contributed by atoms with E-state index in [1.165, 1.54) is 6.92 Å². The van der Waals surface area contributed by atoms with Crippen LogP contribution in [0.15, 0.2) is 0 Å². The maximum absolute atomic E-state index is 10.2. The Morgan fingerprint density at radius 2 is 1.91 bits per heavy atom. The molecule has 0 amide bonds. The van der Waals surface area contributed by atoms with Gasteiger partial charge in [-0.1, -0.05) is 22.6 Å². The normalized spacial score (nSPS) is 8.55. The van der Waals surface area contributed by atoms with Crippen molar-refractivity contribution in [2.45, 2.75) is 6.92 Å². The van der Waals surface area contributed by atoms with Crippen LogP contribution in [-0.2, 0) is 9.53 Å². The van der Waals surface area contributed by atoms with E-state index in [1.807, 2.05) is 23.9 Å². The number of ether oxygens (including phenoxy) is 1. The molecule has 0 N–H and O–H groups in total. The van der Waals surface area contributed by atoms with E-state index in [4.69, 9.17) is 0 Å². The second-order valence-electron chi connectivity index (χ2n) is 2.14. The third-order valence-electron chi connectivity index (χ3n) is 0.844. The van der Waals surface area contributed by atoms with Gasteiger partial charge in [0.15, 0.2) is 0 Å². The first kappa shape index (κ1) is 13.7. The van der Waals surface area contributed by atoms with E-state index in [2.05, 4.69) is 27.3 Å². The molecule has 0 bridgehead atoms. The van der Waals surface area contributed by atoms with E-state index in [9.17, 15) is 4.79 Å². The van der Waals surface area contributed by atoms with Crippen LogP contribution in [-0.4, -0.2) is 43.0 Å². The van der Waals surface area contributed by atoms with Crippen molar-refractivity contribution in [3.05, 3.63) is 0 Å². The Balaban J connectivity index is 0. The molecule has 0 aliphatic heterocycles. The number of hydrogen-bond acceptors (Lipinski definition) is 3. The number of nitrogens with zero attached hydrogens (tertiary/aromatic N) is 1. The fourth-order valence-electron chi connectivity index (χ4n) is 0.372. The number of halogens is 1. The van der Waals surface area contributed by atoms with Crippen molar-refractivity contribution in [1.29, 1.82) is 0 Å². The monoisotopic (exact) mass is 273 g/mol. The first-order valence-corrected chi connectivity index (χ1v) is 5.44. The van der Waals surface area contributed by atoms with Crippen molar-refractivity contribution < 1.29 is 9.53 Å². The molecule has 68 valence electrons. The van der Waals surface area contributed by atoms with Crippen LogP contribution in [0.2, 0.25) is 0 Å². The molecule has 0 atom stereocenters. The molecule has 0 rings (SSSR count). The first-order chi connectivity index (χ1) is 5.13. The highest BCUT2D eigenvalue weighted by molar-refractivity contribution is 14.1. The molecule has 0 aromatic carbocycles. The summed E-state index contributed by atoms with van der Waals surface area (Å²) in [5.41, 5.74) is 0. The summed E-state index contributed by atoms with van der Waals surface area (Å²) in [7, 11) is 3.87. The molecular formula is C7H16INO2. The summed E-state index contributed by atoms with van der Waals surface area (Å²) in [5.74, 6) is -0.211. The van der Waals surface area contributed by atoms with Gasteiger partial charge in [0.2, 0.25) is 0 Å². The van der Waals surface area contributed by atoms with Crippen molar-refractivity contribution in [3.63, 3.8) is 0 Å². The largest absolute Gasteiger partial charge is 0.465 e. The zero-order valence-electron chi connectivity index (χ0n) is 7.56. The van der Waals surface area contributed by atoms with E-state index in [1.54, 1.807) is 0 Å². The highest BCUT2D eigenvalue weighted by atomic mass is 127. The fourth-order valence-corrected chi connectivity index (χ4v) is 0.372. The highest BCUT2D eigenvalue weighted by Crippen LogP contribution is 1.77. The summed E-state index contributed by atoms with van der Waals surface area (Å²) in [6.07, 6.45) is 0. The second kappa shape index (κ2) is 10.2. The van der Waals surface area contributed by atoms with Gasteiger partial charge in [-0.25, -0.2) is 0 Å². The van der Waals surface area contributed by atoms with Crippen LogP contribution in [0.4, 0.5) is 0 Å². The number of carbonyl (C=O) groups is 1. The molecule has 4 heteroatoms. The number of alkyl halides is 1. The quantitative estimate of drug-likeness (QED) is 0.439. The summed E-state index contributed by atoms with van der Waals surface area (Å²) in [6.45, 7) is 2.69. The predicted molar refractivity (Wildman–Crippen MR) is 55.1 cm³/mol. The molecule has 0 radical (unpaired) electrons. The van der Waals surface area contributed by atoms with Crippen LogP contribution in [0.3, 0.4) is 0 Å². The topological polar surface area (TPSA) is 29.5 Å². The SMILES string of the molecule is CC(=O)OCCN(C)C.CI. The number of hydrogen-bond donors (Lipinski definition) is 0. The number of esters is 1. The van der Waals surface area contributed by atoms with Crippen molar-refractivity contribution in [2.24, 2.45) is 0 Å². The molecule has 0 fully saturated rings. The standard InChI is InChI=1S/C6H13NO2.CH3I/c1-6(8)9-5-4-7(2)3;1-2/h4-5H2,1-3H3;1H3. The van der Waals surface area contributed by atoms with Crippen LogP contribution in [0.1, 0.15) is 6.92 Å². The van der Waals surface area contributed by atoms with Gasteiger partial charge in [0.1, 0.15) is 6.61 Å². The van der Waals surface area contributed by atoms with Crippen molar-refractivity contribution in [2.75, 3.05) is 32.2 Å². The minimum Gasteiger partial charge on any atom is -0.465 e. The lowest BCUT2D eigenvalue weighted by Crippen LogP contribution is -2.19. The number of carbonyl (C=O) groups excluding carboxylic acids is 1. The maximum Gasteiger partial charge on any atom is 0.302 e. The third kappa shape index (κ3) is 17.8. The summed E-state index contributed by atoms with van der Waals surface area (Å²) in [6, 6.07) is 0. The molecule has 0 aliphatic rings. The lowest BCUT2D eigenvalue weighted by Gasteiger charge is -2.07. The fraction of sp³-hybridized carbons (Fsp3) is 0.857. The molecule has 0 unspecified atom stereocenters. The van der Waals surface area contributed by atoms with Crippen LogP contribution >= 0.6 is 22.6 Å². The Kier molecular flexibility index (Phi) is 12.7. The van der Waals surface area contributed by atoms with Gasteiger partial charge in [0, 0.05) is 13.5 Å². The molecule has 0 heterocycles. The van der Waals surface area contributed by atoms with Gasteiger partial charge in [-0.2, -0.15) is 0 Å². The first-order valence-electron chi connectivity index (χ1n) is 3.29. The Hall–Kier alpha value is 0.160. The van der Waals surface area contributed by atoms with Gasteiger partial charge in [0.05, 0.1) is 0 Å². The maximum atomic E-state index is 10.2. The Labute approximate surface area is 82.2 Å². The van der Waals surface area contributed by atoms with E-state index in [0.29, 0.717) is 6.61 Å². The van der Waals surface area contributed by atoms with Gasteiger partial charge in [0.25, 0.3) is 0 Å². The molecule has 3 nitrogen and oxygen atoms in total. The zero-order valence-corrected chi connectivity index (χ0v) is 9.71. The van der Waals surface area contributed by atoms with Crippen LogP contribution < -0.4 is 0 Å². The zero-order chi connectivity index (χ0) is 9.28. The summed E-state index contributed by atoms with van der Waals surface area (Å²) in [5, 5.41) is 0. The van der Waals surface area contributed by atoms with Crippen molar-refractivity contribution in [1.82, 2.24) is 4.90 Å².